The summed E-state index contributed by atoms with van der Waals surface area (Å²) in [6.45, 7) is 3.43. The highest BCUT2D eigenvalue weighted by Gasteiger charge is 2.17. The normalized spacial score (nSPS) is 22.4. The summed E-state index contributed by atoms with van der Waals surface area (Å²) in [5.41, 5.74) is 3.42. The lowest BCUT2D eigenvalue weighted by molar-refractivity contribution is 0.526. The Hall–Kier alpha value is -0.560. The molecule has 1 N–H and O–H groups in total. The molecule has 1 nitrogen and oxygen atoms in total. The summed E-state index contributed by atoms with van der Waals surface area (Å²) in [5, 5.41) is 3.81. The largest absolute Gasteiger partial charge is 0.310 e. The molecule has 0 saturated heterocycles. The summed E-state index contributed by atoms with van der Waals surface area (Å²) in [7, 11) is 0. The van der Waals surface area contributed by atoms with Crippen molar-refractivity contribution in [1.82, 2.24) is 5.32 Å². The molecule has 0 aliphatic heterocycles. The second kappa shape index (κ2) is 8.58. The third-order valence-corrected chi connectivity index (χ3v) is 4.52. The molecule has 2 rings (SSSR count). The molecule has 2 aliphatic carbocycles. The Balaban J connectivity index is 1.97. The molecule has 0 radical (unpaired) electrons. The van der Waals surface area contributed by atoms with Crippen LogP contribution in [-0.4, -0.2) is 12.6 Å². The second-order valence-electron chi connectivity index (χ2n) is 6.20. The summed E-state index contributed by atoms with van der Waals surface area (Å²) in [6, 6.07) is 0.627. The molecule has 0 fully saturated rings. The average Bonchev–Trinajstić information content (AvgIpc) is 2.73. The van der Waals surface area contributed by atoms with Crippen molar-refractivity contribution in [3.05, 3.63) is 23.3 Å². The first-order chi connectivity index (χ1) is 9.40. The van der Waals surface area contributed by atoms with E-state index < -0.39 is 0 Å². The Morgan fingerprint density at radius 1 is 1.00 bits per heavy atom. The van der Waals surface area contributed by atoms with E-state index in [9.17, 15) is 0 Å². The van der Waals surface area contributed by atoms with Crippen LogP contribution in [0, 0.1) is 0 Å². The minimum absolute atomic E-state index is 0.627. The van der Waals surface area contributed by atoms with Crippen molar-refractivity contribution < 1.29 is 0 Å². The fraction of sp³-hybridized carbons (Fsp3) is 0.778. The van der Waals surface area contributed by atoms with E-state index in [-0.39, 0.29) is 0 Å². The average molecular weight is 261 g/mol. The van der Waals surface area contributed by atoms with E-state index in [1.165, 1.54) is 70.6 Å². The van der Waals surface area contributed by atoms with Gasteiger partial charge in [0.25, 0.3) is 0 Å². The van der Waals surface area contributed by atoms with Gasteiger partial charge in [-0.1, -0.05) is 36.6 Å². The molecule has 0 aromatic rings. The zero-order chi connectivity index (χ0) is 13.3. The van der Waals surface area contributed by atoms with E-state index in [4.69, 9.17) is 0 Å². The van der Waals surface area contributed by atoms with Crippen LogP contribution in [0.4, 0.5) is 0 Å². The van der Waals surface area contributed by atoms with Gasteiger partial charge in [0.15, 0.2) is 0 Å². The number of rotatable bonds is 6. The van der Waals surface area contributed by atoms with Crippen molar-refractivity contribution in [3.8, 4) is 0 Å². The molecule has 0 saturated carbocycles. The van der Waals surface area contributed by atoms with Crippen molar-refractivity contribution >= 4 is 0 Å². The van der Waals surface area contributed by atoms with Gasteiger partial charge in [-0.25, -0.2) is 0 Å². The summed E-state index contributed by atoms with van der Waals surface area (Å²) < 4.78 is 0. The predicted molar refractivity (Wildman–Crippen MR) is 84.4 cm³/mol. The Morgan fingerprint density at radius 2 is 1.79 bits per heavy atom. The van der Waals surface area contributed by atoms with E-state index in [0.29, 0.717) is 6.04 Å². The quantitative estimate of drug-likeness (QED) is 0.653. The van der Waals surface area contributed by atoms with Gasteiger partial charge in [-0.05, 0) is 70.8 Å². The third-order valence-electron chi connectivity index (χ3n) is 4.52. The molecule has 0 heterocycles. The SMILES string of the molecule is CCCNC(CC1=CCCCC1)C1=CCCCCC1. The molecule has 0 aromatic heterocycles. The molecule has 0 spiro atoms. The van der Waals surface area contributed by atoms with E-state index >= 15 is 0 Å². The maximum atomic E-state index is 3.81. The van der Waals surface area contributed by atoms with Crippen LogP contribution >= 0.6 is 0 Å². The molecule has 1 unspecified atom stereocenters. The molecular weight excluding hydrogens is 230 g/mol. The zero-order valence-corrected chi connectivity index (χ0v) is 12.7. The minimum atomic E-state index is 0.627. The van der Waals surface area contributed by atoms with Crippen LogP contribution in [0.25, 0.3) is 0 Å². The van der Waals surface area contributed by atoms with Crippen molar-refractivity contribution in [1.29, 1.82) is 0 Å². The first kappa shape index (κ1) is 14.8. The Bertz CT molecular complexity index is 314. The van der Waals surface area contributed by atoms with E-state index in [2.05, 4.69) is 24.4 Å². The molecule has 0 amide bonds. The lowest BCUT2D eigenvalue weighted by Gasteiger charge is -2.24. The third kappa shape index (κ3) is 5.14. The maximum Gasteiger partial charge on any atom is 0.0316 e. The Kier molecular flexibility index (Phi) is 6.70. The van der Waals surface area contributed by atoms with Gasteiger partial charge in [-0.2, -0.15) is 0 Å². The molecule has 2 aliphatic rings. The topological polar surface area (TPSA) is 12.0 Å². The highest BCUT2D eigenvalue weighted by molar-refractivity contribution is 5.18. The number of nitrogens with one attached hydrogen (secondary N) is 1. The Labute approximate surface area is 119 Å². The first-order valence-electron chi connectivity index (χ1n) is 8.50. The van der Waals surface area contributed by atoms with Crippen LogP contribution in [0.3, 0.4) is 0 Å². The van der Waals surface area contributed by atoms with Crippen molar-refractivity contribution in [2.75, 3.05) is 6.54 Å². The lowest BCUT2D eigenvalue weighted by Crippen LogP contribution is -2.32. The van der Waals surface area contributed by atoms with Crippen molar-refractivity contribution in [2.24, 2.45) is 0 Å². The van der Waals surface area contributed by atoms with Gasteiger partial charge in [0.1, 0.15) is 0 Å². The van der Waals surface area contributed by atoms with Gasteiger partial charge < -0.3 is 5.32 Å². The summed E-state index contributed by atoms with van der Waals surface area (Å²) in [6.07, 6.45) is 19.9. The van der Waals surface area contributed by atoms with Crippen LogP contribution in [0.2, 0.25) is 0 Å². The van der Waals surface area contributed by atoms with Crippen LogP contribution in [0.5, 0.6) is 0 Å². The van der Waals surface area contributed by atoms with Gasteiger partial charge in [-0.15, -0.1) is 0 Å². The van der Waals surface area contributed by atoms with Gasteiger partial charge in [-0.3, -0.25) is 0 Å². The molecule has 1 heteroatoms. The maximum absolute atomic E-state index is 3.81. The summed E-state index contributed by atoms with van der Waals surface area (Å²) in [4.78, 5) is 0. The predicted octanol–water partition coefficient (Wildman–Crippen LogP) is 5.14. The monoisotopic (exact) mass is 261 g/mol. The van der Waals surface area contributed by atoms with Crippen molar-refractivity contribution in [2.45, 2.75) is 83.6 Å². The van der Waals surface area contributed by atoms with Gasteiger partial charge in [0, 0.05) is 6.04 Å². The molecular formula is C18H31N. The smallest absolute Gasteiger partial charge is 0.0316 e. The van der Waals surface area contributed by atoms with Gasteiger partial charge in [0.05, 0.1) is 0 Å². The number of hydrogen-bond donors (Lipinski definition) is 1. The van der Waals surface area contributed by atoms with Crippen LogP contribution in [-0.2, 0) is 0 Å². The van der Waals surface area contributed by atoms with E-state index in [1.807, 2.05) is 0 Å². The zero-order valence-electron chi connectivity index (χ0n) is 12.7. The van der Waals surface area contributed by atoms with Gasteiger partial charge >= 0.3 is 0 Å². The van der Waals surface area contributed by atoms with Crippen LogP contribution in [0.1, 0.15) is 77.6 Å². The van der Waals surface area contributed by atoms with Crippen molar-refractivity contribution in [3.63, 3.8) is 0 Å². The molecule has 0 aromatic carbocycles. The highest BCUT2D eigenvalue weighted by atomic mass is 14.9. The van der Waals surface area contributed by atoms with Crippen LogP contribution < -0.4 is 5.32 Å². The first-order valence-corrected chi connectivity index (χ1v) is 8.50. The van der Waals surface area contributed by atoms with E-state index in [0.717, 1.165) is 6.54 Å². The summed E-state index contributed by atoms with van der Waals surface area (Å²) >= 11 is 0. The van der Waals surface area contributed by atoms with E-state index in [1.54, 1.807) is 11.1 Å². The number of allylic oxidation sites excluding steroid dienone is 2. The highest BCUT2D eigenvalue weighted by Crippen LogP contribution is 2.27. The molecule has 0 bridgehead atoms. The molecule has 1 atom stereocenters. The molecule has 108 valence electrons. The fourth-order valence-electron chi connectivity index (χ4n) is 3.36. The Morgan fingerprint density at radius 3 is 2.58 bits per heavy atom. The lowest BCUT2D eigenvalue weighted by atomic mass is 9.90. The van der Waals surface area contributed by atoms with Crippen LogP contribution in [0.15, 0.2) is 23.3 Å². The fourth-order valence-corrected chi connectivity index (χ4v) is 3.36. The summed E-state index contributed by atoms with van der Waals surface area (Å²) in [5.74, 6) is 0. The van der Waals surface area contributed by atoms with Gasteiger partial charge in [0.2, 0.25) is 0 Å². The number of hydrogen-bond acceptors (Lipinski definition) is 1. The second-order valence-corrected chi connectivity index (χ2v) is 6.20. The molecule has 19 heavy (non-hydrogen) atoms. The standard InChI is InChI=1S/C18H31N/c1-2-14-19-18(15-16-10-6-5-7-11-16)17-12-8-3-4-9-13-17/h10,12,18-19H,2-9,11,13-15H2,1H3. The minimum Gasteiger partial charge on any atom is -0.310 e.